The van der Waals surface area contributed by atoms with Gasteiger partial charge >= 0.3 is 0 Å². The van der Waals surface area contributed by atoms with E-state index >= 15 is 0 Å². The van der Waals surface area contributed by atoms with E-state index in [1.54, 1.807) is 0 Å². The van der Waals surface area contributed by atoms with Crippen LogP contribution in [0.25, 0.3) is 0 Å². The third-order valence-corrected chi connectivity index (χ3v) is 4.79. The Balaban J connectivity index is 1.46. The van der Waals surface area contributed by atoms with Crippen molar-refractivity contribution in [3.8, 4) is 0 Å². The number of nitrogens with zero attached hydrogens (tertiary/aromatic N) is 4. The van der Waals surface area contributed by atoms with Gasteiger partial charge in [-0.15, -0.1) is 0 Å². The standard InChI is InChI=1S/C18H22N4O2/c1-20-8-15(19-13-20)9-21-10-16-17(11-21)24-12-18(23)22(16)7-14-5-3-2-4-6-14/h2-6,8,13,16-17H,7,9-12H2,1H3/t16-,17-/m1/s1. The fourth-order valence-corrected chi connectivity index (χ4v) is 3.63. The number of carbonyl (C=O) groups excluding carboxylic acids is 1. The van der Waals surface area contributed by atoms with Crippen molar-refractivity contribution in [3.05, 3.63) is 54.1 Å². The van der Waals surface area contributed by atoms with Gasteiger partial charge in [0.15, 0.2) is 0 Å². The van der Waals surface area contributed by atoms with Gasteiger partial charge in [0.05, 0.1) is 24.2 Å². The molecule has 0 N–H and O–H groups in total. The Morgan fingerprint density at radius 3 is 2.79 bits per heavy atom. The van der Waals surface area contributed by atoms with Crippen molar-refractivity contribution in [2.24, 2.45) is 7.05 Å². The van der Waals surface area contributed by atoms with Gasteiger partial charge in [-0.05, 0) is 5.56 Å². The van der Waals surface area contributed by atoms with Crippen molar-refractivity contribution in [1.82, 2.24) is 19.4 Å². The number of rotatable bonds is 4. The molecule has 2 atom stereocenters. The number of morpholine rings is 1. The highest BCUT2D eigenvalue weighted by Gasteiger charge is 2.43. The van der Waals surface area contributed by atoms with E-state index in [-0.39, 0.29) is 24.7 Å². The second-order valence-corrected chi connectivity index (χ2v) is 6.65. The number of fused-ring (bicyclic) bond motifs is 1. The van der Waals surface area contributed by atoms with Crippen LogP contribution in [0.15, 0.2) is 42.9 Å². The molecule has 0 bridgehead atoms. The topological polar surface area (TPSA) is 50.6 Å². The minimum absolute atomic E-state index is 0.0831. The van der Waals surface area contributed by atoms with Gasteiger partial charge in [0.1, 0.15) is 6.61 Å². The number of aryl methyl sites for hydroxylation is 1. The highest BCUT2D eigenvalue weighted by atomic mass is 16.5. The Bertz CT molecular complexity index is 715. The molecule has 6 heteroatoms. The largest absolute Gasteiger partial charge is 0.365 e. The van der Waals surface area contributed by atoms with Gasteiger partial charge in [0.25, 0.3) is 0 Å². The number of benzene rings is 1. The summed E-state index contributed by atoms with van der Waals surface area (Å²) in [6, 6.07) is 10.3. The molecule has 2 aromatic rings. The summed E-state index contributed by atoms with van der Waals surface area (Å²) in [5.41, 5.74) is 2.21. The Morgan fingerprint density at radius 2 is 2.04 bits per heavy atom. The predicted molar refractivity (Wildman–Crippen MR) is 89.0 cm³/mol. The number of amides is 1. The molecule has 0 saturated carbocycles. The van der Waals surface area contributed by atoms with E-state index in [1.807, 2.05) is 47.2 Å². The molecule has 1 amide bonds. The molecule has 2 aliphatic heterocycles. The maximum atomic E-state index is 12.4. The number of hydrogen-bond donors (Lipinski definition) is 0. The first-order valence-electron chi connectivity index (χ1n) is 8.33. The van der Waals surface area contributed by atoms with Crippen LogP contribution < -0.4 is 0 Å². The van der Waals surface area contributed by atoms with E-state index in [0.29, 0.717) is 6.54 Å². The predicted octanol–water partition coefficient (Wildman–Crippen LogP) is 1.03. The molecule has 3 heterocycles. The van der Waals surface area contributed by atoms with Crippen LogP contribution in [0.5, 0.6) is 0 Å². The van der Waals surface area contributed by atoms with E-state index in [1.165, 1.54) is 0 Å². The first-order valence-corrected chi connectivity index (χ1v) is 8.33. The molecule has 4 rings (SSSR count). The molecule has 0 unspecified atom stereocenters. The Labute approximate surface area is 141 Å². The summed E-state index contributed by atoms with van der Waals surface area (Å²) in [4.78, 5) is 21.1. The summed E-state index contributed by atoms with van der Waals surface area (Å²) in [6.45, 7) is 3.32. The van der Waals surface area contributed by atoms with Gasteiger partial charge in [-0.1, -0.05) is 30.3 Å². The maximum absolute atomic E-state index is 12.4. The first kappa shape index (κ1) is 15.4. The van der Waals surface area contributed by atoms with Crippen molar-refractivity contribution in [1.29, 1.82) is 0 Å². The van der Waals surface area contributed by atoms with Crippen LogP contribution >= 0.6 is 0 Å². The minimum Gasteiger partial charge on any atom is -0.365 e. The molecule has 0 aliphatic carbocycles. The third-order valence-electron chi connectivity index (χ3n) is 4.79. The summed E-state index contributed by atoms with van der Waals surface area (Å²) in [7, 11) is 1.98. The van der Waals surface area contributed by atoms with Crippen LogP contribution in [0.3, 0.4) is 0 Å². The number of imidazole rings is 1. The fourth-order valence-electron chi connectivity index (χ4n) is 3.63. The molecule has 24 heavy (non-hydrogen) atoms. The van der Waals surface area contributed by atoms with Gasteiger partial charge in [-0.2, -0.15) is 0 Å². The van der Waals surface area contributed by atoms with Crippen LogP contribution in [0.2, 0.25) is 0 Å². The van der Waals surface area contributed by atoms with E-state index < -0.39 is 0 Å². The van der Waals surface area contributed by atoms with Gasteiger partial charge < -0.3 is 14.2 Å². The van der Waals surface area contributed by atoms with Crippen molar-refractivity contribution < 1.29 is 9.53 Å². The molecule has 2 saturated heterocycles. The van der Waals surface area contributed by atoms with E-state index in [2.05, 4.69) is 22.0 Å². The fraction of sp³-hybridized carbons (Fsp3) is 0.444. The Hall–Kier alpha value is -2.18. The number of likely N-dealkylation sites (tertiary alicyclic amines) is 1. The number of ether oxygens (including phenoxy) is 1. The minimum atomic E-state index is 0.0831. The van der Waals surface area contributed by atoms with Crippen molar-refractivity contribution in [2.75, 3.05) is 19.7 Å². The Morgan fingerprint density at radius 1 is 1.21 bits per heavy atom. The summed E-state index contributed by atoms with van der Waals surface area (Å²) in [5, 5.41) is 0. The lowest BCUT2D eigenvalue weighted by atomic mass is 10.1. The summed E-state index contributed by atoms with van der Waals surface area (Å²) >= 11 is 0. The normalized spacial score (nSPS) is 24.4. The quantitative estimate of drug-likeness (QED) is 0.842. The molecule has 2 fully saturated rings. The van der Waals surface area contributed by atoms with Crippen molar-refractivity contribution >= 4 is 5.91 Å². The molecular weight excluding hydrogens is 304 g/mol. The van der Waals surface area contributed by atoms with Crippen molar-refractivity contribution in [3.63, 3.8) is 0 Å². The molecule has 1 aromatic heterocycles. The summed E-state index contributed by atoms with van der Waals surface area (Å²) in [6.07, 6.45) is 3.95. The second kappa shape index (κ2) is 6.37. The van der Waals surface area contributed by atoms with Crippen LogP contribution in [0.1, 0.15) is 11.3 Å². The molecule has 0 radical (unpaired) electrons. The van der Waals surface area contributed by atoms with Crippen LogP contribution in [-0.4, -0.2) is 57.1 Å². The smallest absolute Gasteiger partial charge is 0.249 e. The second-order valence-electron chi connectivity index (χ2n) is 6.65. The van der Waals surface area contributed by atoms with E-state index in [0.717, 1.165) is 30.9 Å². The number of aromatic nitrogens is 2. The first-order chi connectivity index (χ1) is 11.7. The lowest BCUT2D eigenvalue weighted by Gasteiger charge is -2.36. The third kappa shape index (κ3) is 3.07. The van der Waals surface area contributed by atoms with Crippen LogP contribution in [-0.2, 0) is 29.7 Å². The number of carbonyl (C=O) groups is 1. The van der Waals surface area contributed by atoms with Crippen LogP contribution in [0.4, 0.5) is 0 Å². The van der Waals surface area contributed by atoms with Gasteiger partial charge in [-0.25, -0.2) is 4.98 Å². The number of hydrogen-bond acceptors (Lipinski definition) is 4. The van der Waals surface area contributed by atoms with E-state index in [9.17, 15) is 4.79 Å². The average Bonchev–Trinajstić information content (AvgIpc) is 3.17. The monoisotopic (exact) mass is 326 g/mol. The van der Waals surface area contributed by atoms with E-state index in [4.69, 9.17) is 4.74 Å². The van der Waals surface area contributed by atoms with Gasteiger partial charge in [-0.3, -0.25) is 9.69 Å². The zero-order valence-corrected chi connectivity index (χ0v) is 13.8. The molecule has 6 nitrogen and oxygen atoms in total. The zero-order valence-electron chi connectivity index (χ0n) is 13.8. The lowest BCUT2D eigenvalue weighted by molar-refractivity contribution is -0.153. The molecular formula is C18H22N4O2. The zero-order chi connectivity index (χ0) is 16.5. The van der Waals surface area contributed by atoms with Crippen LogP contribution in [0, 0.1) is 0 Å². The Kier molecular flexibility index (Phi) is 4.08. The molecule has 1 aromatic carbocycles. The summed E-state index contributed by atoms with van der Waals surface area (Å²) in [5.74, 6) is 0.0831. The highest BCUT2D eigenvalue weighted by Crippen LogP contribution is 2.26. The average molecular weight is 326 g/mol. The maximum Gasteiger partial charge on any atom is 0.249 e. The lowest BCUT2D eigenvalue weighted by Crippen LogP contribution is -2.53. The molecule has 126 valence electrons. The molecule has 2 aliphatic rings. The highest BCUT2D eigenvalue weighted by molar-refractivity contribution is 5.78. The molecule has 0 spiro atoms. The van der Waals surface area contributed by atoms with Crippen molar-refractivity contribution in [2.45, 2.75) is 25.2 Å². The van der Waals surface area contributed by atoms with Gasteiger partial charge in [0.2, 0.25) is 5.91 Å². The van der Waals surface area contributed by atoms with Gasteiger partial charge in [0, 0.05) is 39.4 Å². The summed E-state index contributed by atoms with van der Waals surface area (Å²) < 4.78 is 7.76. The SMILES string of the molecule is Cn1cnc(CN2C[C@@H]3[C@@H](C2)OCC(=O)N3Cc2ccccc2)c1.